The van der Waals surface area contributed by atoms with Crippen LogP contribution in [0.15, 0.2) is 42.9 Å². The maximum absolute atomic E-state index is 13.1. The van der Waals surface area contributed by atoms with Crippen molar-refractivity contribution in [3.8, 4) is 5.82 Å². The molecule has 3 aromatic rings. The number of nitrogens with one attached hydrogen (secondary N) is 1. The van der Waals surface area contributed by atoms with Crippen LogP contribution in [0.2, 0.25) is 0 Å². The van der Waals surface area contributed by atoms with Gasteiger partial charge in [0, 0.05) is 38.5 Å². The summed E-state index contributed by atoms with van der Waals surface area (Å²) in [5.41, 5.74) is 6.62. The summed E-state index contributed by atoms with van der Waals surface area (Å²) in [7, 11) is 0. The molecule has 1 amide bonds. The molecule has 0 radical (unpaired) electrons. The third-order valence-corrected chi connectivity index (χ3v) is 7.88. The van der Waals surface area contributed by atoms with Crippen molar-refractivity contribution < 1.29 is 9.53 Å². The van der Waals surface area contributed by atoms with Crippen LogP contribution in [0.1, 0.15) is 70.9 Å². The van der Waals surface area contributed by atoms with E-state index in [0.717, 1.165) is 68.3 Å². The van der Waals surface area contributed by atoms with E-state index in [4.69, 9.17) is 9.72 Å². The number of ether oxygens (including phenoxy) is 1. The Balaban J connectivity index is 1.12. The molecule has 0 unspecified atom stereocenters. The normalized spacial score (nSPS) is 19.0. The van der Waals surface area contributed by atoms with Crippen molar-refractivity contribution in [2.45, 2.75) is 57.9 Å². The van der Waals surface area contributed by atoms with E-state index in [1.54, 1.807) is 17.1 Å². The third kappa shape index (κ3) is 5.08. The van der Waals surface area contributed by atoms with Gasteiger partial charge in [-0.1, -0.05) is 12.1 Å². The molecule has 3 aromatic heterocycles. The lowest BCUT2D eigenvalue weighted by Gasteiger charge is -2.36. The fourth-order valence-corrected chi connectivity index (χ4v) is 5.50. The van der Waals surface area contributed by atoms with E-state index in [9.17, 15) is 4.79 Å². The Morgan fingerprint density at radius 2 is 1.89 bits per heavy atom. The molecule has 0 bridgehead atoms. The zero-order valence-corrected chi connectivity index (χ0v) is 21.6. The SMILES string of the molecule is Cc1cc(NC(=O)c2cnn(-c3ccc(C4CC4)cn3)c2C)cnc1C1=CCN(C2CCOCC2)CC1. The zero-order valence-electron chi connectivity index (χ0n) is 21.6. The van der Waals surface area contributed by atoms with Crippen LogP contribution < -0.4 is 5.32 Å². The van der Waals surface area contributed by atoms with Gasteiger partial charge in [0.05, 0.1) is 35.0 Å². The van der Waals surface area contributed by atoms with Gasteiger partial charge in [0.25, 0.3) is 5.91 Å². The number of carbonyl (C=O) groups is 1. The molecule has 192 valence electrons. The molecule has 0 aromatic carbocycles. The molecule has 0 spiro atoms. The zero-order chi connectivity index (χ0) is 25.4. The Morgan fingerprint density at radius 1 is 1.05 bits per heavy atom. The third-order valence-electron chi connectivity index (χ3n) is 7.88. The Kier molecular flexibility index (Phi) is 6.61. The molecule has 5 heterocycles. The number of rotatable bonds is 6. The van der Waals surface area contributed by atoms with E-state index in [2.05, 4.69) is 39.4 Å². The number of carbonyl (C=O) groups excluding carboxylic acids is 1. The van der Waals surface area contributed by atoms with Crippen molar-refractivity contribution in [3.63, 3.8) is 0 Å². The predicted molar refractivity (Wildman–Crippen MR) is 143 cm³/mol. The van der Waals surface area contributed by atoms with Crippen molar-refractivity contribution in [1.29, 1.82) is 0 Å². The summed E-state index contributed by atoms with van der Waals surface area (Å²) >= 11 is 0. The number of nitrogens with zero attached hydrogens (tertiary/aromatic N) is 5. The Morgan fingerprint density at radius 3 is 2.57 bits per heavy atom. The summed E-state index contributed by atoms with van der Waals surface area (Å²) in [6.07, 6.45) is 13.3. The highest BCUT2D eigenvalue weighted by atomic mass is 16.5. The lowest BCUT2D eigenvalue weighted by Crippen LogP contribution is -2.41. The number of aromatic nitrogens is 4. The standard InChI is InChI=1S/C29H34N6O2/c1-19-15-24(17-31-28(19)22-7-11-34(12-8-22)25-9-13-37-14-10-25)33-29(36)26-18-32-35(20(26)2)27-6-5-23(16-30-27)21-3-4-21/h5-7,15-18,21,25H,3-4,8-14H2,1-2H3,(H,33,36). The topological polar surface area (TPSA) is 85.2 Å². The Labute approximate surface area is 217 Å². The largest absolute Gasteiger partial charge is 0.381 e. The first-order valence-corrected chi connectivity index (χ1v) is 13.4. The van der Waals surface area contributed by atoms with Crippen molar-refractivity contribution in [2.24, 2.45) is 0 Å². The molecule has 1 saturated heterocycles. The molecule has 8 heteroatoms. The maximum Gasteiger partial charge on any atom is 0.259 e. The fraction of sp³-hybridized carbons (Fsp3) is 0.448. The van der Waals surface area contributed by atoms with Crippen LogP contribution in [0, 0.1) is 13.8 Å². The van der Waals surface area contributed by atoms with Crippen LogP contribution >= 0.6 is 0 Å². The van der Waals surface area contributed by atoms with Crippen molar-refractivity contribution in [1.82, 2.24) is 24.6 Å². The van der Waals surface area contributed by atoms with Gasteiger partial charge in [-0.25, -0.2) is 9.67 Å². The summed E-state index contributed by atoms with van der Waals surface area (Å²) in [6.45, 7) is 7.71. The van der Waals surface area contributed by atoms with Crippen LogP contribution in [0.4, 0.5) is 5.69 Å². The van der Waals surface area contributed by atoms with Crippen LogP contribution in [-0.4, -0.2) is 62.9 Å². The molecule has 6 rings (SSSR count). The molecule has 2 aliphatic heterocycles. The van der Waals surface area contributed by atoms with E-state index in [-0.39, 0.29) is 5.91 Å². The number of hydrogen-bond acceptors (Lipinski definition) is 6. The van der Waals surface area contributed by atoms with Crippen LogP contribution in [0.3, 0.4) is 0 Å². The molecule has 1 aliphatic carbocycles. The quantitative estimate of drug-likeness (QED) is 0.531. The van der Waals surface area contributed by atoms with Crippen LogP contribution in [0.25, 0.3) is 11.4 Å². The summed E-state index contributed by atoms with van der Waals surface area (Å²) in [6, 6.07) is 6.72. The van der Waals surface area contributed by atoms with Crippen molar-refractivity contribution >= 4 is 17.2 Å². The number of anilines is 1. The van der Waals surface area contributed by atoms with Gasteiger partial charge in [0.2, 0.25) is 0 Å². The molecule has 37 heavy (non-hydrogen) atoms. The van der Waals surface area contributed by atoms with Crippen molar-refractivity contribution in [2.75, 3.05) is 31.6 Å². The minimum Gasteiger partial charge on any atom is -0.381 e. The second-order valence-electron chi connectivity index (χ2n) is 10.4. The Bertz CT molecular complexity index is 1320. The molecule has 0 atom stereocenters. The second-order valence-corrected chi connectivity index (χ2v) is 10.4. The predicted octanol–water partition coefficient (Wildman–Crippen LogP) is 4.68. The van der Waals surface area contributed by atoms with E-state index >= 15 is 0 Å². The Hall–Kier alpha value is -3.36. The lowest BCUT2D eigenvalue weighted by molar-refractivity contribution is 0.0378. The van der Waals surface area contributed by atoms with E-state index < -0.39 is 0 Å². The fourth-order valence-electron chi connectivity index (χ4n) is 5.50. The van der Waals surface area contributed by atoms with Gasteiger partial charge in [-0.3, -0.25) is 14.7 Å². The van der Waals surface area contributed by atoms with Crippen LogP contribution in [0.5, 0.6) is 0 Å². The summed E-state index contributed by atoms with van der Waals surface area (Å²) in [5.74, 6) is 1.18. The van der Waals surface area contributed by atoms with Crippen molar-refractivity contribution in [3.05, 3.63) is 70.9 Å². The highest BCUT2D eigenvalue weighted by molar-refractivity contribution is 6.05. The van der Waals surface area contributed by atoms with Gasteiger partial charge >= 0.3 is 0 Å². The minimum absolute atomic E-state index is 0.198. The van der Waals surface area contributed by atoms with Crippen LogP contribution in [-0.2, 0) is 4.74 Å². The van der Waals surface area contributed by atoms with Gasteiger partial charge in [0.15, 0.2) is 5.82 Å². The van der Waals surface area contributed by atoms with Gasteiger partial charge in [0.1, 0.15) is 0 Å². The molecule has 2 fully saturated rings. The van der Waals surface area contributed by atoms with Gasteiger partial charge in [-0.15, -0.1) is 0 Å². The van der Waals surface area contributed by atoms with Gasteiger partial charge in [-0.2, -0.15) is 5.10 Å². The first-order chi connectivity index (χ1) is 18.1. The van der Waals surface area contributed by atoms with E-state index in [1.807, 2.05) is 25.3 Å². The number of aryl methyl sites for hydroxylation is 1. The summed E-state index contributed by atoms with van der Waals surface area (Å²) < 4.78 is 7.23. The monoisotopic (exact) mass is 498 g/mol. The molecule has 1 saturated carbocycles. The average molecular weight is 499 g/mol. The molecule has 8 nitrogen and oxygen atoms in total. The lowest BCUT2D eigenvalue weighted by atomic mass is 9.98. The molecule has 1 N–H and O–H groups in total. The second kappa shape index (κ2) is 10.2. The van der Waals surface area contributed by atoms with E-state index in [0.29, 0.717) is 23.2 Å². The average Bonchev–Trinajstić information content (AvgIpc) is 3.71. The first-order valence-electron chi connectivity index (χ1n) is 13.4. The smallest absolute Gasteiger partial charge is 0.259 e. The highest BCUT2D eigenvalue weighted by Crippen LogP contribution is 2.39. The van der Waals surface area contributed by atoms with Gasteiger partial charge in [-0.05, 0) is 80.7 Å². The molecular formula is C29H34N6O2. The first kappa shape index (κ1) is 24.0. The number of pyridine rings is 2. The summed E-state index contributed by atoms with van der Waals surface area (Å²) in [5, 5.41) is 7.43. The number of hydrogen-bond donors (Lipinski definition) is 1. The molecule has 3 aliphatic rings. The molecular weight excluding hydrogens is 464 g/mol. The van der Waals surface area contributed by atoms with Gasteiger partial charge < -0.3 is 10.1 Å². The number of amides is 1. The summed E-state index contributed by atoms with van der Waals surface area (Å²) in [4.78, 5) is 24.9. The highest BCUT2D eigenvalue weighted by Gasteiger charge is 2.25. The van der Waals surface area contributed by atoms with E-state index in [1.165, 1.54) is 24.0 Å². The maximum atomic E-state index is 13.1. The minimum atomic E-state index is -0.198.